The van der Waals surface area contributed by atoms with Crippen molar-refractivity contribution in [3.8, 4) is 46.0 Å². The van der Waals surface area contributed by atoms with Gasteiger partial charge < -0.3 is 39.4 Å². The number of fused-ring (bicyclic) bond motifs is 4. The molecule has 0 radical (unpaired) electrons. The molecule has 0 saturated heterocycles. The van der Waals surface area contributed by atoms with Gasteiger partial charge in [0.1, 0.15) is 46.0 Å². The molecular weight excluding hydrogens is 584 g/mol. The molecule has 4 atom stereocenters. The first-order valence-corrected chi connectivity index (χ1v) is 16.3. The fourth-order valence-corrected chi connectivity index (χ4v) is 7.86. The predicted molar refractivity (Wildman–Crippen MR) is 173 cm³/mol. The third-order valence-corrected chi connectivity index (χ3v) is 10.1. The number of benzene rings is 4. The van der Waals surface area contributed by atoms with Crippen LogP contribution in [0.25, 0.3) is 0 Å². The molecule has 2 aliphatic heterocycles. The van der Waals surface area contributed by atoms with Crippen LogP contribution in [0.5, 0.6) is 46.0 Å². The lowest BCUT2D eigenvalue weighted by Gasteiger charge is -2.32. The standard InChI is InChI=1S/C38H40O8/c1-5-19-23-9-24(32(40)13-31(23)39)20(6-2)26-11-28-22(8-4)30-12-29-21(7-3)27-10-25(19)33(41)14-35(27)43-17-45-37(29)16-38(30)46-18-44-36(28)15-34(26)42/h9-16,19-22,39-42H,5-8,17-18H2,1-4H3/t19-,20+,21-,22+. The Labute approximate surface area is 268 Å². The molecule has 4 aromatic carbocycles. The molecule has 0 unspecified atom stereocenters. The monoisotopic (exact) mass is 624 g/mol. The summed E-state index contributed by atoms with van der Waals surface area (Å²) in [6.07, 6.45) is 2.61. The van der Waals surface area contributed by atoms with Crippen LogP contribution in [0.2, 0.25) is 0 Å². The molecule has 8 bridgehead atoms. The molecule has 8 nitrogen and oxygen atoms in total. The van der Waals surface area contributed by atoms with E-state index in [1.54, 1.807) is 12.1 Å². The van der Waals surface area contributed by atoms with Crippen molar-refractivity contribution >= 4 is 0 Å². The van der Waals surface area contributed by atoms with Crippen molar-refractivity contribution in [1.82, 2.24) is 0 Å². The molecule has 1 aliphatic carbocycles. The van der Waals surface area contributed by atoms with Gasteiger partial charge >= 0.3 is 0 Å². The highest BCUT2D eigenvalue weighted by Gasteiger charge is 2.34. The van der Waals surface area contributed by atoms with E-state index in [4.69, 9.17) is 18.9 Å². The third kappa shape index (κ3) is 4.65. The van der Waals surface area contributed by atoms with Gasteiger partial charge in [0.15, 0.2) is 0 Å². The molecule has 8 heteroatoms. The molecule has 4 aromatic rings. The lowest BCUT2D eigenvalue weighted by atomic mass is 9.77. The lowest BCUT2D eigenvalue weighted by Crippen LogP contribution is -2.19. The van der Waals surface area contributed by atoms with E-state index in [0.29, 0.717) is 58.1 Å². The number of rotatable bonds is 4. The van der Waals surface area contributed by atoms with Crippen molar-refractivity contribution in [1.29, 1.82) is 0 Å². The van der Waals surface area contributed by atoms with Gasteiger partial charge in [-0.15, -0.1) is 0 Å². The summed E-state index contributed by atoms with van der Waals surface area (Å²) in [6, 6.07) is 14.6. The topological polar surface area (TPSA) is 118 Å². The van der Waals surface area contributed by atoms with Crippen molar-refractivity contribution in [2.75, 3.05) is 13.6 Å². The Kier molecular flexibility index (Phi) is 7.54. The molecule has 0 saturated carbocycles. The van der Waals surface area contributed by atoms with E-state index in [9.17, 15) is 20.4 Å². The van der Waals surface area contributed by atoms with Crippen LogP contribution in [0.3, 0.4) is 0 Å². The van der Waals surface area contributed by atoms with Gasteiger partial charge in [-0.05, 0) is 49.9 Å². The summed E-state index contributed by atoms with van der Waals surface area (Å²) in [5.41, 5.74) is 6.32. The molecule has 0 aromatic heterocycles. The Morgan fingerprint density at radius 2 is 0.652 bits per heavy atom. The fraction of sp³-hybridized carbons (Fsp3) is 0.368. The quantitative estimate of drug-likeness (QED) is 0.179. The van der Waals surface area contributed by atoms with Crippen LogP contribution in [0, 0.1) is 0 Å². The zero-order valence-electron chi connectivity index (χ0n) is 26.6. The summed E-state index contributed by atoms with van der Waals surface area (Å²) in [5, 5.41) is 45.4. The third-order valence-electron chi connectivity index (χ3n) is 10.1. The van der Waals surface area contributed by atoms with Gasteiger partial charge in [-0.25, -0.2) is 0 Å². The van der Waals surface area contributed by atoms with E-state index in [1.165, 1.54) is 6.07 Å². The Morgan fingerprint density at radius 1 is 0.391 bits per heavy atom. The second-order valence-corrected chi connectivity index (χ2v) is 12.5. The van der Waals surface area contributed by atoms with Gasteiger partial charge in [0.25, 0.3) is 0 Å². The van der Waals surface area contributed by atoms with Gasteiger partial charge in [0.05, 0.1) is 0 Å². The minimum atomic E-state index is -0.393. The summed E-state index contributed by atoms with van der Waals surface area (Å²) in [5.74, 6) is 1.35. The second kappa shape index (κ2) is 11.6. The minimum absolute atomic E-state index is 0.0507. The van der Waals surface area contributed by atoms with E-state index in [-0.39, 0.29) is 48.4 Å². The lowest BCUT2D eigenvalue weighted by molar-refractivity contribution is 0.106. The maximum atomic E-state index is 11.4. The summed E-state index contributed by atoms with van der Waals surface area (Å²) < 4.78 is 24.6. The van der Waals surface area contributed by atoms with Gasteiger partial charge in [-0.3, -0.25) is 0 Å². The van der Waals surface area contributed by atoms with Gasteiger partial charge in [-0.1, -0.05) is 27.7 Å². The fourth-order valence-electron chi connectivity index (χ4n) is 7.86. The van der Waals surface area contributed by atoms with E-state index in [1.807, 2.05) is 38.1 Å². The van der Waals surface area contributed by atoms with Crippen molar-refractivity contribution < 1.29 is 39.4 Å². The van der Waals surface area contributed by atoms with Crippen molar-refractivity contribution in [2.45, 2.75) is 77.0 Å². The number of ether oxygens (including phenoxy) is 4. The average Bonchev–Trinajstić information content (AvgIpc) is 3.02. The maximum Gasteiger partial charge on any atom is 0.230 e. The molecule has 7 rings (SSSR count). The molecule has 46 heavy (non-hydrogen) atoms. The summed E-state index contributed by atoms with van der Waals surface area (Å²) >= 11 is 0. The highest BCUT2D eigenvalue weighted by Crippen LogP contribution is 2.52. The Bertz CT molecular complexity index is 1700. The first kappa shape index (κ1) is 30.0. The Balaban J connectivity index is 1.61. The van der Waals surface area contributed by atoms with E-state index < -0.39 is 11.8 Å². The Hall–Kier alpha value is -4.72. The van der Waals surface area contributed by atoms with Crippen LogP contribution in [0.4, 0.5) is 0 Å². The zero-order valence-corrected chi connectivity index (χ0v) is 26.6. The van der Waals surface area contributed by atoms with E-state index in [0.717, 1.165) is 35.1 Å². The summed E-state index contributed by atoms with van der Waals surface area (Å²) in [6.45, 7) is 8.15. The number of phenolic OH excluding ortho intramolecular Hbond substituents is 4. The molecule has 3 aliphatic rings. The highest BCUT2D eigenvalue weighted by atomic mass is 16.7. The van der Waals surface area contributed by atoms with Crippen LogP contribution >= 0.6 is 0 Å². The molecule has 0 spiro atoms. The highest BCUT2D eigenvalue weighted by molar-refractivity contribution is 5.63. The van der Waals surface area contributed by atoms with Crippen LogP contribution in [0.1, 0.15) is 122 Å². The van der Waals surface area contributed by atoms with Crippen LogP contribution in [-0.2, 0) is 0 Å². The molecule has 2 heterocycles. The largest absolute Gasteiger partial charge is 0.508 e. The number of aromatic hydroxyl groups is 4. The van der Waals surface area contributed by atoms with E-state index >= 15 is 0 Å². The number of hydrogen-bond donors (Lipinski definition) is 4. The van der Waals surface area contributed by atoms with Gasteiger partial charge in [-0.2, -0.15) is 0 Å². The number of hydrogen-bond acceptors (Lipinski definition) is 8. The molecule has 240 valence electrons. The molecule has 0 amide bonds. The first-order chi connectivity index (χ1) is 22.3. The normalized spacial score (nSPS) is 21.0. The second-order valence-electron chi connectivity index (χ2n) is 12.5. The predicted octanol–water partition coefficient (Wildman–Crippen LogP) is 8.45. The molecule has 4 N–H and O–H groups in total. The van der Waals surface area contributed by atoms with Crippen molar-refractivity contribution in [3.05, 3.63) is 93.0 Å². The van der Waals surface area contributed by atoms with Crippen molar-refractivity contribution in [2.24, 2.45) is 0 Å². The average molecular weight is 625 g/mol. The molecular formula is C38H40O8. The number of phenols is 4. The van der Waals surface area contributed by atoms with Crippen molar-refractivity contribution in [3.63, 3.8) is 0 Å². The summed E-state index contributed by atoms with van der Waals surface area (Å²) in [7, 11) is 0. The van der Waals surface area contributed by atoms with Crippen LogP contribution in [-0.4, -0.2) is 34.0 Å². The van der Waals surface area contributed by atoms with Crippen LogP contribution < -0.4 is 18.9 Å². The van der Waals surface area contributed by atoms with E-state index in [2.05, 4.69) is 19.9 Å². The maximum absolute atomic E-state index is 11.4. The Morgan fingerprint density at radius 3 is 1.00 bits per heavy atom. The zero-order chi connectivity index (χ0) is 32.3. The summed E-state index contributed by atoms with van der Waals surface area (Å²) in [4.78, 5) is 0. The SMILES string of the molecule is CC[C@@H]1c2cc(c(O)cc2O)[C@H](CC)c2cc3c(cc2O)OCOc2cc4c(cc2[C@H]3CC)[C@H](CC)c2cc1c(O)cc2OCO4. The van der Waals surface area contributed by atoms with Gasteiger partial charge in [0.2, 0.25) is 13.6 Å². The first-order valence-electron chi connectivity index (χ1n) is 16.3. The molecule has 0 fully saturated rings. The smallest absolute Gasteiger partial charge is 0.230 e. The van der Waals surface area contributed by atoms with Crippen LogP contribution in [0.15, 0.2) is 48.5 Å². The van der Waals surface area contributed by atoms with Gasteiger partial charge in [0, 0.05) is 92.4 Å². The minimum Gasteiger partial charge on any atom is -0.508 e.